The molecule has 1 atom stereocenters. The molecule has 3 heterocycles. The molecule has 7 heteroatoms. The smallest absolute Gasteiger partial charge is 0.339 e. The molecule has 3 fully saturated rings. The van der Waals surface area contributed by atoms with Gasteiger partial charge < -0.3 is 4.90 Å². The van der Waals surface area contributed by atoms with E-state index in [-0.39, 0.29) is 17.8 Å². The zero-order valence-electron chi connectivity index (χ0n) is 15.5. The summed E-state index contributed by atoms with van der Waals surface area (Å²) >= 11 is 0. The van der Waals surface area contributed by atoms with Crippen LogP contribution in [0.3, 0.4) is 0 Å². The summed E-state index contributed by atoms with van der Waals surface area (Å²) in [6.07, 6.45) is 5.10. The van der Waals surface area contributed by atoms with Crippen molar-refractivity contribution in [1.29, 1.82) is 0 Å². The van der Waals surface area contributed by atoms with Crippen LogP contribution in [0.5, 0.6) is 0 Å². The standard InChI is InChI=1S/C18H29N5O2/c1-12(2)22-11-8-15(17(22)24)21-9-6-13(7-10-21)16-19-20(3)18(25)23(16)14-4-5-14/h12-15H,4-11H2,1-3H3. The first-order chi connectivity index (χ1) is 12.0. The average Bonchev–Trinajstić information content (AvgIpc) is 3.28. The van der Waals surface area contributed by atoms with Crippen LogP contribution in [0.4, 0.5) is 0 Å². The topological polar surface area (TPSA) is 63.4 Å². The van der Waals surface area contributed by atoms with E-state index in [2.05, 4.69) is 23.8 Å². The van der Waals surface area contributed by atoms with Crippen LogP contribution in [0, 0.1) is 0 Å². The van der Waals surface area contributed by atoms with E-state index in [0.29, 0.717) is 17.9 Å². The molecule has 1 aliphatic carbocycles. The predicted molar refractivity (Wildman–Crippen MR) is 94.5 cm³/mol. The van der Waals surface area contributed by atoms with E-state index in [1.165, 1.54) is 4.68 Å². The number of rotatable bonds is 4. The molecule has 0 N–H and O–H groups in total. The Labute approximate surface area is 148 Å². The van der Waals surface area contributed by atoms with Gasteiger partial charge in [0.2, 0.25) is 5.91 Å². The van der Waals surface area contributed by atoms with Gasteiger partial charge in [0.1, 0.15) is 5.82 Å². The van der Waals surface area contributed by atoms with E-state index >= 15 is 0 Å². The molecule has 4 rings (SSSR count). The molecule has 0 aromatic carbocycles. The largest absolute Gasteiger partial charge is 0.345 e. The van der Waals surface area contributed by atoms with E-state index < -0.39 is 0 Å². The van der Waals surface area contributed by atoms with Gasteiger partial charge in [0.25, 0.3) is 0 Å². The number of piperidine rings is 1. The van der Waals surface area contributed by atoms with Crippen LogP contribution in [0.2, 0.25) is 0 Å². The number of amides is 1. The number of carbonyl (C=O) groups excluding carboxylic acids is 1. The lowest BCUT2D eigenvalue weighted by atomic mass is 9.94. The van der Waals surface area contributed by atoms with Gasteiger partial charge in [-0.25, -0.2) is 9.48 Å². The summed E-state index contributed by atoms with van der Waals surface area (Å²) < 4.78 is 3.42. The number of nitrogens with zero attached hydrogens (tertiary/aromatic N) is 5. The van der Waals surface area contributed by atoms with Crippen molar-refractivity contribution in [2.45, 2.75) is 70.0 Å². The van der Waals surface area contributed by atoms with Gasteiger partial charge in [-0.3, -0.25) is 14.3 Å². The molecule has 0 radical (unpaired) electrons. The van der Waals surface area contributed by atoms with Crippen molar-refractivity contribution in [1.82, 2.24) is 24.1 Å². The fourth-order valence-corrected chi connectivity index (χ4v) is 4.46. The summed E-state index contributed by atoms with van der Waals surface area (Å²) in [7, 11) is 1.75. The second kappa shape index (κ2) is 6.27. The summed E-state index contributed by atoms with van der Waals surface area (Å²) in [6.45, 7) is 6.89. The fraction of sp³-hybridized carbons (Fsp3) is 0.833. The molecule has 1 aromatic heterocycles. The van der Waals surface area contributed by atoms with E-state index in [1.54, 1.807) is 7.05 Å². The average molecular weight is 347 g/mol. The highest BCUT2D eigenvalue weighted by Crippen LogP contribution is 2.38. The fourth-order valence-electron chi connectivity index (χ4n) is 4.46. The third-order valence-corrected chi connectivity index (χ3v) is 6.06. The number of hydrogen-bond donors (Lipinski definition) is 0. The molecule has 138 valence electrons. The Morgan fingerprint density at radius 3 is 2.24 bits per heavy atom. The number of hydrogen-bond acceptors (Lipinski definition) is 4. The van der Waals surface area contributed by atoms with Crippen LogP contribution in [-0.4, -0.2) is 61.8 Å². The minimum atomic E-state index is 0.0264. The van der Waals surface area contributed by atoms with Crippen LogP contribution >= 0.6 is 0 Å². The first kappa shape index (κ1) is 16.8. The Balaban J connectivity index is 1.44. The number of aryl methyl sites for hydroxylation is 1. The number of carbonyl (C=O) groups is 1. The van der Waals surface area contributed by atoms with Gasteiger partial charge in [0.15, 0.2) is 0 Å². The van der Waals surface area contributed by atoms with E-state index in [0.717, 1.165) is 57.6 Å². The maximum absolute atomic E-state index is 12.6. The highest BCUT2D eigenvalue weighted by atomic mass is 16.2. The Morgan fingerprint density at radius 1 is 1.00 bits per heavy atom. The number of likely N-dealkylation sites (tertiary alicyclic amines) is 2. The van der Waals surface area contributed by atoms with Crippen LogP contribution in [0.1, 0.15) is 63.7 Å². The Morgan fingerprint density at radius 2 is 1.68 bits per heavy atom. The molecular weight excluding hydrogens is 318 g/mol. The normalized spacial score (nSPS) is 26.2. The SMILES string of the molecule is CC(C)N1CCC(N2CCC(c3nn(C)c(=O)n3C3CC3)CC2)C1=O. The third-order valence-electron chi connectivity index (χ3n) is 6.06. The summed E-state index contributed by atoms with van der Waals surface area (Å²) in [5, 5.41) is 4.54. The minimum Gasteiger partial charge on any atom is -0.339 e. The Kier molecular flexibility index (Phi) is 4.22. The molecule has 3 aliphatic rings. The molecule has 0 bridgehead atoms. The van der Waals surface area contributed by atoms with Gasteiger partial charge >= 0.3 is 5.69 Å². The van der Waals surface area contributed by atoms with Gasteiger partial charge in [-0.1, -0.05) is 0 Å². The third kappa shape index (κ3) is 2.92. The van der Waals surface area contributed by atoms with Crippen LogP contribution in [0.25, 0.3) is 0 Å². The maximum atomic E-state index is 12.6. The summed E-state index contributed by atoms with van der Waals surface area (Å²) in [5.41, 5.74) is 0.0264. The first-order valence-electron chi connectivity index (χ1n) is 9.67. The van der Waals surface area contributed by atoms with Gasteiger partial charge in [0.05, 0.1) is 6.04 Å². The summed E-state index contributed by atoms with van der Waals surface area (Å²) in [5.74, 6) is 1.60. The molecule has 25 heavy (non-hydrogen) atoms. The van der Waals surface area contributed by atoms with Gasteiger partial charge in [-0.05, 0) is 59.0 Å². The molecule has 2 aliphatic heterocycles. The van der Waals surface area contributed by atoms with E-state index in [9.17, 15) is 9.59 Å². The highest BCUT2D eigenvalue weighted by Gasteiger charge is 2.39. The minimum absolute atomic E-state index is 0.0264. The van der Waals surface area contributed by atoms with E-state index in [4.69, 9.17) is 0 Å². The Hall–Kier alpha value is -1.63. The molecule has 1 aromatic rings. The van der Waals surface area contributed by atoms with E-state index in [1.807, 2.05) is 9.47 Å². The van der Waals surface area contributed by atoms with Gasteiger partial charge in [-0.15, -0.1) is 0 Å². The molecule has 1 amide bonds. The van der Waals surface area contributed by atoms with Crippen molar-refractivity contribution in [2.75, 3.05) is 19.6 Å². The molecule has 1 unspecified atom stereocenters. The molecule has 2 saturated heterocycles. The first-order valence-corrected chi connectivity index (χ1v) is 9.67. The lowest BCUT2D eigenvalue weighted by Gasteiger charge is -2.35. The van der Waals surface area contributed by atoms with Crippen molar-refractivity contribution in [3.63, 3.8) is 0 Å². The second-order valence-corrected chi connectivity index (χ2v) is 8.11. The lowest BCUT2D eigenvalue weighted by Crippen LogP contribution is -2.46. The zero-order chi connectivity index (χ0) is 17.7. The zero-order valence-corrected chi connectivity index (χ0v) is 15.5. The molecule has 0 spiro atoms. The van der Waals surface area contributed by atoms with Crippen molar-refractivity contribution >= 4 is 5.91 Å². The monoisotopic (exact) mass is 347 g/mol. The molecular formula is C18H29N5O2. The van der Waals surface area contributed by atoms with Crippen molar-refractivity contribution < 1.29 is 4.79 Å². The second-order valence-electron chi connectivity index (χ2n) is 8.11. The van der Waals surface area contributed by atoms with Crippen molar-refractivity contribution in [2.24, 2.45) is 7.05 Å². The van der Waals surface area contributed by atoms with Crippen molar-refractivity contribution in [3.05, 3.63) is 16.3 Å². The quantitative estimate of drug-likeness (QED) is 0.818. The highest BCUT2D eigenvalue weighted by molar-refractivity contribution is 5.84. The van der Waals surface area contributed by atoms with Crippen molar-refractivity contribution in [3.8, 4) is 0 Å². The van der Waals surface area contributed by atoms with Crippen LogP contribution < -0.4 is 5.69 Å². The molecule has 1 saturated carbocycles. The van der Waals surface area contributed by atoms with Crippen LogP contribution in [-0.2, 0) is 11.8 Å². The number of aromatic nitrogens is 3. The lowest BCUT2D eigenvalue weighted by molar-refractivity contribution is -0.133. The van der Waals surface area contributed by atoms with Gasteiger partial charge in [-0.2, -0.15) is 5.10 Å². The summed E-state index contributed by atoms with van der Waals surface area (Å²) in [4.78, 5) is 29.3. The van der Waals surface area contributed by atoms with Gasteiger partial charge in [0, 0.05) is 31.6 Å². The summed E-state index contributed by atoms with van der Waals surface area (Å²) in [6, 6.07) is 0.708. The van der Waals surface area contributed by atoms with Crippen LogP contribution in [0.15, 0.2) is 4.79 Å². The predicted octanol–water partition coefficient (Wildman–Crippen LogP) is 1.11. The maximum Gasteiger partial charge on any atom is 0.345 e. The molecule has 7 nitrogen and oxygen atoms in total. The Bertz CT molecular complexity index is 710.